The maximum absolute atomic E-state index is 14.7. The Kier molecular flexibility index (Phi) is 9.97. The van der Waals surface area contributed by atoms with Crippen LogP contribution in [0.1, 0.15) is 59.3 Å². The zero-order chi connectivity index (χ0) is 29.9. The highest BCUT2D eigenvalue weighted by molar-refractivity contribution is 8.02. The topological polar surface area (TPSA) is 87.1 Å². The molecule has 9 heteroatoms. The number of anilines is 1. The van der Waals surface area contributed by atoms with Crippen molar-refractivity contribution in [3.05, 3.63) is 54.6 Å². The van der Waals surface area contributed by atoms with Gasteiger partial charge in [-0.3, -0.25) is 14.4 Å². The standard InChI is InChI=1S/C32H43ClN2O5S/c1-6-9-10-11-19-40-30(39)26-25-28(37)35(24(20-36)21(4)8-3)27(32(25)17-16-31(26,5)41-32)29(38)34(18-7-2)23-14-12-22(33)13-15-23/h6-7,12-15,21,24-27,36H,1-2,8-11,16-20H2,3-5H3/t21-,24-,25-,26+,27?,31-,32?/m0/s1. The van der Waals surface area contributed by atoms with E-state index in [4.69, 9.17) is 16.3 Å². The predicted octanol–water partition coefficient (Wildman–Crippen LogP) is 5.65. The fourth-order valence-corrected chi connectivity index (χ4v) is 9.50. The third-order valence-electron chi connectivity index (χ3n) is 9.31. The Hall–Kier alpha value is -2.29. The maximum atomic E-state index is 14.7. The summed E-state index contributed by atoms with van der Waals surface area (Å²) in [5, 5.41) is 11.1. The number of allylic oxidation sites excluding steroid dienone is 1. The molecule has 2 amide bonds. The number of aliphatic hydroxyl groups is 1. The monoisotopic (exact) mass is 602 g/mol. The molecule has 2 unspecified atom stereocenters. The number of nitrogens with zero attached hydrogens (tertiary/aromatic N) is 2. The number of ether oxygens (including phenoxy) is 1. The lowest BCUT2D eigenvalue weighted by atomic mass is 9.66. The summed E-state index contributed by atoms with van der Waals surface area (Å²) < 4.78 is 4.45. The second kappa shape index (κ2) is 12.9. The van der Waals surface area contributed by atoms with Gasteiger partial charge in [0.25, 0.3) is 5.91 Å². The van der Waals surface area contributed by atoms with Gasteiger partial charge in [-0.25, -0.2) is 0 Å². The van der Waals surface area contributed by atoms with Crippen LogP contribution in [0, 0.1) is 17.8 Å². The SMILES string of the molecule is C=CCCCCOC(=O)[C@H]1[C@H]2C(=O)N([C@@H](CO)[C@@H](C)CC)C(C(=O)N(CC=C)c3ccc(Cl)cc3)C23CC[C@]1(C)S3. The molecular weight excluding hydrogens is 560 g/mol. The average molecular weight is 603 g/mol. The third-order valence-corrected chi connectivity index (χ3v) is 11.5. The Morgan fingerprint density at radius 2 is 1.95 bits per heavy atom. The Morgan fingerprint density at radius 3 is 2.56 bits per heavy atom. The number of carbonyl (C=O) groups is 3. The molecule has 1 N–H and O–H groups in total. The van der Waals surface area contributed by atoms with E-state index in [1.54, 1.807) is 51.9 Å². The van der Waals surface area contributed by atoms with Crippen molar-refractivity contribution >= 4 is 46.8 Å². The summed E-state index contributed by atoms with van der Waals surface area (Å²) >= 11 is 7.75. The number of halogens is 1. The molecule has 0 aromatic heterocycles. The van der Waals surface area contributed by atoms with Gasteiger partial charge in [0.1, 0.15) is 6.04 Å². The molecule has 224 valence electrons. The number of esters is 1. The first-order valence-electron chi connectivity index (χ1n) is 14.7. The number of fused-ring (bicyclic) bond motifs is 1. The van der Waals surface area contributed by atoms with E-state index in [0.29, 0.717) is 30.2 Å². The van der Waals surface area contributed by atoms with Gasteiger partial charge in [-0.15, -0.1) is 24.9 Å². The van der Waals surface area contributed by atoms with Crippen LogP contribution in [-0.4, -0.2) is 69.1 Å². The molecule has 3 aliphatic rings. The van der Waals surface area contributed by atoms with Crippen molar-refractivity contribution < 1.29 is 24.2 Å². The highest BCUT2D eigenvalue weighted by Gasteiger charge is 2.78. The first kappa shape index (κ1) is 31.6. The summed E-state index contributed by atoms with van der Waals surface area (Å²) in [7, 11) is 0. The summed E-state index contributed by atoms with van der Waals surface area (Å²) in [4.78, 5) is 46.2. The molecule has 7 nitrogen and oxygen atoms in total. The van der Waals surface area contributed by atoms with Crippen molar-refractivity contribution in [1.29, 1.82) is 0 Å². The molecule has 0 radical (unpaired) electrons. The number of thioether (sulfide) groups is 1. The van der Waals surface area contributed by atoms with E-state index >= 15 is 0 Å². The van der Waals surface area contributed by atoms with Crippen LogP contribution >= 0.6 is 23.4 Å². The molecule has 2 bridgehead atoms. The Balaban J connectivity index is 1.77. The molecule has 1 aromatic carbocycles. The van der Waals surface area contributed by atoms with Gasteiger partial charge in [0, 0.05) is 22.0 Å². The van der Waals surface area contributed by atoms with Crippen LogP contribution in [-0.2, 0) is 19.1 Å². The summed E-state index contributed by atoms with van der Waals surface area (Å²) in [6.45, 7) is 13.9. The first-order chi connectivity index (χ1) is 19.6. The number of rotatable bonds is 14. The highest BCUT2D eigenvalue weighted by atomic mass is 35.5. The van der Waals surface area contributed by atoms with Gasteiger partial charge < -0.3 is 19.6 Å². The number of unbranched alkanes of at least 4 members (excludes halogenated alkanes) is 2. The number of hydrogen-bond acceptors (Lipinski definition) is 6. The predicted molar refractivity (Wildman–Crippen MR) is 165 cm³/mol. The van der Waals surface area contributed by atoms with Crippen molar-refractivity contribution in [2.45, 2.75) is 80.9 Å². The highest BCUT2D eigenvalue weighted by Crippen LogP contribution is 2.72. The fourth-order valence-electron chi connectivity index (χ4n) is 7.05. The van der Waals surface area contributed by atoms with E-state index < -0.39 is 33.4 Å². The summed E-state index contributed by atoms with van der Waals surface area (Å²) in [6.07, 6.45) is 8.01. The second-order valence-corrected chi connectivity index (χ2v) is 14.1. The van der Waals surface area contributed by atoms with Crippen molar-refractivity contribution in [3.63, 3.8) is 0 Å². The largest absolute Gasteiger partial charge is 0.465 e. The van der Waals surface area contributed by atoms with Crippen LogP contribution in [0.3, 0.4) is 0 Å². The summed E-state index contributed by atoms with van der Waals surface area (Å²) in [5.74, 6) is -2.24. The van der Waals surface area contributed by atoms with E-state index in [1.165, 1.54) is 0 Å². The summed E-state index contributed by atoms with van der Waals surface area (Å²) in [5.41, 5.74) is 0.648. The zero-order valence-electron chi connectivity index (χ0n) is 24.4. The fraction of sp³-hybridized carbons (Fsp3) is 0.594. The van der Waals surface area contributed by atoms with Crippen molar-refractivity contribution in [2.24, 2.45) is 17.8 Å². The number of carbonyl (C=O) groups excluding carboxylic acids is 3. The molecule has 3 aliphatic heterocycles. The Labute approximate surface area is 253 Å². The van der Waals surface area contributed by atoms with Crippen LogP contribution in [0.25, 0.3) is 0 Å². The number of hydrogen-bond donors (Lipinski definition) is 1. The molecule has 3 saturated heterocycles. The molecule has 3 heterocycles. The molecule has 3 fully saturated rings. The normalized spacial score (nSPS) is 29.6. The molecule has 0 saturated carbocycles. The maximum Gasteiger partial charge on any atom is 0.311 e. The minimum atomic E-state index is -0.848. The van der Waals surface area contributed by atoms with Crippen molar-refractivity contribution in [1.82, 2.24) is 4.90 Å². The van der Waals surface area contributed by atoms with Crippen LogP contribution in [0.2, 0.25) is 5.02 Å². The van der Waals surface area contributed by atoms with E-state index in [1.807, 2.05) is 26.8 Å². The lowest BCUT2D eigenvalue weighted by molar-refractivity contribution is -0.156. The molecule has 0 aliphatic carbocycles. The Bertz CT molecular complexity index is 1160. The van der Waals surface area contributed by atoms with Crippen LogP contribution < -0.4 is 4.90 Å². The van der Waals surface area contributed by atoms with Crippen molar-refractivity contribution in [2.75, 3.05) is 24.7 Å². The van der Waals surface area contributed by atoms with Crippen molar-refractivity contribution in [3.8, 4) is 0 Å². The smallest absolute Gasteiger partial charge is 0.311 e. The van der Waals surface area contributed by atoms with Gasteiger partial charge >= 0.3 is 5.97 Å². The zero-order valence-corrected chi connectivity index (χ0v) is 26.0. The van der Waals surface area contributed by atoms with Gasteiger partial charge in [-0.2, -0.15) is 0 Å². The number of aliphatic hydroxyl groups excluding tert-OH is 1. The third kappa shape index (κ3) is 5.59. The van der Waals surface area contributed by atoms with E-state index in [9.17, 15) is 19.5 Å². The Morgan fingerprint density at radius 1 is 1.24 bits per heavy atom. The average Bonchev–Trinajstić information content (AvgIpc) is 3.53. The molecule has 41 heavy (non-hydrogen) atoms. The quantitative estimate of drug-likeness (QED) is 0.168. The molecular formula is C32H43ClN2O5S. The van der Waals surface area contributed by atoms with Gasteiger partial charge in [-0.05, 0) is 69.2 Å². The van der Waals surface area contributed by atoms with Crippen LogP contribution in [0.4, 0.5) is 5.69 Å². The van der Waals surface area contributed by atoms with Gasteiger partial charge in [0.15, 0.2) is 0 Å². The number of likely N-dealkylation sites (tertiary alicyclic amines) is 1. The molecule has 7 atom stereocenters. The van der Waals surface area contributed by atoms with Gasteiger partial charge in [-0.1, -0.05) is 44.0 Å². The van der Waals surface area contributed by atoms with E-state index in [0.717, 1.165) is 25.7 Å². The van der Waals surface area contributed by atoms with E-state index in [-0.39, 0.29) is 36.9 Å². The lowest BCUT2D eigenvalue weighted by Crippen LogP contribution is -2.58. The summed E-state index contributed by atoms with van der Waals surface area (Å²) in [6, 6.07) is 5.62. The number of amides is 2. The second-order valence-electron chi connectivity index (χ2n) is 11.8. The van der Waals surface area contributed by atoms with Gasteiger partial charge in [0.05, 0.1) is 35.8 Å². The van der Waals surface area contributed by atoms with Gasteiger partial charge in [0.2, 0.25) is 5.91 Å². The lowest BCUT2D eigenvalue weighted by Gasteiger charge is -2.41. The molecule has 1 spiro atoms. The van der Waals surface area contributed by atoms with Crippen LogP contribution in [0.5, 0.6) is 0 Å². The minimum Gasteiger partial charge on any atom is -0.465 e. The molecule has 4 rings (SSSR count). The van der Waals surface area contributed by atoms with Crippen LogP contribution in [0.15, 0.2) is 49.6 Å². The molecule has 1 aromatic rings. The minimum absolute atomic E-state index is 0.0501. The first-order valence-corrected chi connectivity index (χ1v) is 15.9. The number of benzene rings is 1. The van der Waals surface area contributed by atoms with E-state index in [2.05, 4.69) is 13.2 Å².